The largest absolute Gasteiger partial charge is 0.354 e. The van der Waals surface area contributed by atoms with Gasteiger partial charge in [0.05, 0.1) is 12.5 Å². The third-order valence-corrected chi connectivity index (χ3v) is 6.21. The highest BCUT2D eigenvalue weighted by atomic mass is 32.1. The van der Waals surface area contributed by atoms with E-state index in [1.807, 2.05) is 17.5 Å². The lowest BCUT2D eigenvalue weighted by Gasteiger charge is -2.30. The van der Waals surface area contributed by atoms with Gasteiger partial charge in [-0.3, -0.25) is 9.69 Å². The molecule has 1 atom stereocenters. The molecule has 1 fully saturated rings. The molecule has 1 saturated heterocycles. The zero-order valence-corrected chi connectivity index (χ0v) is 15.0. The zero-order valence-electron chi connectivity index (χ0n) is 13.4. The fourth-order valence-electron chi connectivity index (χ4n) is 3.14. The minimum absolute atomic E-state index is 0.129. The number of amides is 1. The van der Waals surface area contributed by atoms with Gasteiger partial charge in [0.25, 0.3) is 0 Å². The molecule has 3 rings (SSSR count). The molecule has 1 aliphatic heterocycles. The summed E-state index contributed by atoms with van der Waals surface area (Å²) in [6.07, 6.45) is 5.70. The Labute approximate surface area is 146 Å². The van der Waals surface area contributed by atoms with E-state index in [1.165, 1.54) is 30.6 Å². The van der Waals surface area contributed by atoms with Crippen molar-refractivity contribution in [3.8, 4) is 0 Å². The van der Waals surface area contributed by atoms with Gasteiger partial charge in [-0.15, -0.1) is 22.7 Å². The van der Waals surface area contributed by atoms with Gasteiger partial charge in [0.15, 0.2) is 0 Å². The standard InChI is InChI=1S/C18H24N2OS2/c21-18(13-15-7-5-11-22-15)19-14-16(17-8-6-12-23-17)20-9-3-1-2-4-10-20/h5-8,11-12,16H,1-4,9-10,13-14H2,(H,19,21). The topological polar surface area (TPSA) is 32.3 Å². The molecule has 2 aromatic heterocycles. The maximum absolute atomic E-state index is 12.2. The van der Waals surface area contributed by atoms with Gasteiger partial charge in [-0.25, -0.2) is 0 Å². The molecule has 5 heteroatoms. The van der Waals surface area contributed by atoms with Crippen LogP contribution in [0.5, 0.6) is 0 Å². The van der Waals surface area contributed by atoms with Crippen LogP contribution in [0.4, 0.5) is 0 Å². The predicted molar refractivity (Wildman–Crippen MR) is 98.1 cm³/mol. The second kappa shape index (κ2) is 8.62. The van der Waals surface area contributed by atoms with E-state index in [2.05, 4.69) is 27.7 Å². The van der Waals surface area contributed by atoms with Crippen LogP contribution in [0, 0.1) is 0 Å². The summed E-state index contributed by atoms with van der Waals surface area (Å²) in [7, 11) is 0. The number of nitrogens with zero attached hydrogens (tertiary/aromatic N) is 1. The van der Waals surface area contributed by atoms with Crippen molar-refractivity contribution < 1.29 is 4.79 Å². The summed E-state index contributed by atoms with van der Waals surface area (Å²) in [6.45, 7) is 3.00. The molecule has 0 aromatic carbocycles. The van der Waals surface area contributed by atoms with Crippen molar-refractivity contribution in [2.75, 3.05) is 19.6 Å². The molecule has 1 aliphatic rings. The Kier molecular flexibility index (Phi) is 6.25. The maximum atomic E-state index is 12.2. The molecule has 124 valence electrons. The number of rotatable bonds is 6. The summed E-state index contributed by atoms with van der Waals surface area (Å²) in [5, 5.41) is 7.31. The number of hydrogen-bond donors (Lipinski definition) is 1. The second-order valence-electron chi connectivity index (χ2n) is 6.04. The smallest absolute Gasteiger partial charge is 0.225 e. The molecule has 23 heavy (non-hydrogen) atoms. The molecule has 3 heterocycles. The summed E-state index contributed by atoms with van der Waals surface area (Å²) in [5.41, 5.74) is 0. The van der Waals surface area contributed by atoms with E-state index in [0.717, 1.165) is 18.0 Å². The highest BCUT2D eigenvalue weighted by molar-refractivity contribution is 7.10. The first-order valence-corrected chi connectivity index (χ1v) is 10.2. The van der Waals surface area contributed by atoms with Gasteiger partial charge in [-0.05, 0) is 48.8 Å². The summed E-state index contributed by atoms with van der Waals surface area (Å²) in [5.74, 6) is 0.129. The van der Waals surface area contributed by atoms with Crippen LogP contribution >= 0.6 is 22.7 Å². The molecule has 3 nitrogen and oxygen atoms in total. The SMILES string of the molecule is O=C(Cc1cccs1)NCC(c1cccs1)N1CCCCCC1. The van der Waals surface area contributed by atoms with Crippen LogP contribution in [0.25, 0.3) is 0 Å². The lowest BCUT2D eigenvalue weighted by molar-refractivity contribution is -0.120. The zero-order chi connectivity index (χ0) is 15.9. The van der Waals surface area contributed by atoms with Gasteiger partial charge in [0.1, 0.15) is 0 Å². The van der Waals surface area contributed by atoms with Crippen molar-refractivity contribution in [3.63, 3.8) is 0 Å². The van der Waals surface area contributed by atoms with Crippen LogP contribution in [-0.2, 0) is 11.2 Å². The summed E-state index contributed by atoms with van der Waals surface area (Å²) >= 11 is 3.44. The van der Waals surface area contributed by atoms with Crippen molar-refractivity contribution in [1.29, 1.82) is 0 Å². The number of carbonyl (C=O) groups excluding carboxylic acids is 1. The predicted octanol–water partition coefficient (Wildman–Crippen LogP) is 4.09. The first kappa shape index (κ1) is 16.7. The Balaban J connectivity index is 1.60. The minimum atomic E-state index is 0.129. The Morgan fingerprint density at radius 2 is 1.83 bits per heavy atom. The van der Waals surface area contributed by atoms with Gasteiger partial charge < -0.3 is 5.32 Å². The van der Waals surface area contributed by atoms with Crippen molar-refractivity contribution in [1.82, 2.24) is 10.2 Å². The average Bonchev–Trinajstić information content (AvgIpc) is 3.18. The van der Waals surface area contributed by atoms with E-state index in [0.29, 0.717) is 19.0 Å². The number of carbonyl (C=O) groups is 1. The Hall–Kier alpha value is -1.17. The number of likely N-dealkylation sites (tertiary alicyclic amines) is 1. The molecule has 0 radical (unpaired) electrons. The molecule has 1 unspecified atom stereocenters. The van der Waals surface area contributed by atoms with Crippen LogP contribution in [0.3, 0.4) is 0 Å². The number of nitrogens with one attached hydrogen (secondary N) is 1. The first-order valence-electron chi connectivity index (χ1n) is 8.39. The van der Waals surface area contributed by atoms with Crippen LogP contribution in [-0.4, -0.2) is 30.4 Å². The molecule has 0 spiro atoms. The van der Waals surface area contributed by atoms with E-state index in [1.54, 1.807) is 22.7 Å². The van der Waals surface area contributed by atoms with Gasteiger partial charge in [-0.1, -0.05) is 25.0 Å². The van der Waals surface area contributed by atoms with E-state index < -0.39 is 0 Å². The van der Waals surface area contributed by atoms with E-state index >= 15 is 0 Å². The molecule has 0 bridgehead atoms. The van der Waals surface area contributed by atoms with Gasteiger partial charge in [0.2, 0.25) is 5.91 Å². The fourth-order valence-corrected chi connectivity index (χ4v) is 4.71. The van der Waals surface area contributed by atoms with Gasteiger partial charge >= 0.3 is 0 Å². The third-order valence-electron chi connectivity index (χ3n) is 4.36. The van der Waals surface area contributed by atoms with Gasteiger partial charge in [0, 0.05) is 16.3 Å². The fraction of sp³-hybridized carbons (Fsp3) is 0.500. The lowest BCUT2D eigenvalue weighted by Crippen LogP contribution is -2.38. The monoisotopic (exact) mass is 348 g/mol. The second-order valence-corrected chi connectivity index (χ2v) is 8.05. The average molecular weight is 349 g/mol. The molecule has 0 aliphatic carbocycles. The maximum Gasteiger partial charge on any atom is 0.225 e. The lowest BCUT2D eigenvalue weighted by atomic mass is 10.2. The first-order chi connectivity index (χ1) is 11.3. The third kappa shape index (κ3) is 4.90. The van der Waals surface area contributed by atoms with Crippen molar-refractivity contribution in [2.45, 2.75) is 38.1 Å². The Morgan fingerprint density at radius 3 is 2.48 bits per heavy atom. The molecule has 1 N–H and O–H groups in total. The number of thiophene rings is 2. The van der Waals surface area contributed by atoms with Crippen molar-refractivity contribution in [3.05, 3.63) is 44.8 Å². The van der Waals surface area contributed by atoms with E-state index in [-0.39, 0.29) is 5.91 Å². The van der Waals surface area contributed by atoms with Gasteiger partial charge in [-0.2, -0.15) is 0 Å². The Morgan fingerprint density at radius 1 is 1.09 bits per heavy atom. The molecular formula is C18H24N2OS2. The molecule has 0 saturated carbocycles. The van der Waals surface area contributed by atoms with Crippen LogP contribution < -0.4 is 5.32 Å². The normalized spacial score (nSPS) is 17.6. The number of hydrogen-bond acceptors (Lipinski definition) is 4. The highest BCUT2D eigenvalue weighted by Crippen LogP contribution is 2.27. The quantitative estimate of drug-likeness (QED) is 0.853. The molecular weight excluding hydrogens is 324 g/mol. The van der Waals surface area contributed by atoms with Crippen LogP contribution in [0.15, 0.2) is 35.0 Å². The summed E-state index contributed by atoms with van der Waals surface area (Å²) < 4.78 is 0. The minimum Gasteiger partial charge on any atom is -0.354 e. The van der Waals surface area contributed by atoms with Crippen LogP contribution in [0.1, 0.15) is 41.5 Å². The molecule has 2 aromatic rings. The molecule has 1 amide bonds. The van der Waals surface area contributed by atoms with E-state index in [9.17, 15) is 4.79 Å². The highest BCUT2D eigenvalue weighted by Gasteiger charge is 2.22. The van der Waals surface area contributed by atoms with Crippen molar-refractivity contribution >= 4 is 28.6 Å². The van der Waals surface area contributed by atoms with Crippen molar-refractivity contribution in [2.24, 2.45) is 0 Å². The van der Waals surface area contributed by atoms with E-state index in [4.69, 9.17) is 0 Å². The Bertz CT molecular complexity index is 572. The summed E-state index contributed by atoms with van der Waals surface area (Å²) in [4.78, 5) is 17.3. The summed E-state index contributed by atoms with van der Waals surface area (Å²) in [6, 6.07) is 8.65. The van der Waals surface area contributed by atoms with Crippen LogP contribution in [0.2, 0.25) is 0 Å².